The molecule has 3 aromatic rings. The molecule has 12 heteroatoms. The molecule has 0 aliphatic carbocycles. The van der Waals surface area contributed by atoms with Crippen LogP contribution in [0.2, 0.25) is 0 Å². The second-order valence-corrected chi connectivity index (χ2v) is 9.00. The van der Waals surface area contributed by atoms with E-state index in [-0.39, 0.29) is 5.69 Å². The Kier molecular flexibility index (Phi) is 8.26. The molecule has 0 radical (unpaired) electrons. The highest BCUT2D eigenvalue weighted by atomic mass is 32.1. The molecule has 2 N–H and O–H groups in total. The molecular weight excluding hydrogens is 493 g/mol. The van der Waals surface area contributed by atoms with Gasteiger partial charge in [0.2, 0.25) is 5.13 Å². The third kappa shape index (κ3) is 6.85. The predicted molar refractivity (Wildman–Crippen MR) is 133 cm³/mol. The molecule has 192 valence electrons. The zero-order valence-electron chi connectivity index (χ0n) is 19.7. The van der Waals surface area contributed by atoms with Crippen LogP contribution >= 0.6 is 11.5 Å². The molecule has 0 bridgehead atoms. The van der Waals surface area contributed by atoms with Gasteiger partial charge in [-0.05, 0) is 29.8 Å². The Bertz CT molecular complexity index is 1160. The molecule has 1 saturated heterocycles. The van der Waals surface area contributed by atoms with Gasteiger partial charge in [0.05, 0.1) is 18.4 Å². The van der Waals surface area contributed by atoms with E-state index in [0.717, 1.165) is 54.5 Å². The van der Waals surface area contributed by atoms with Crippen LogP contribution < -0.4 is 20.3 Å². The number of benzene rings is 2. The maximum atomic E-state index is 13.1. The van der Waals surface area contributed by atoms with Gasteiger partial charge in [-0.3, -0.25) is 4.90 Å². The normalized spacial score (nSPS) is 14.5. The number of ether oxygens (including phenoxy) is 1. The van der Waals surface area contributed by atoms with Gasteiger partial charge < -0.3 is 20.3 Å². The quantitative estimate of drug-likeness (QED) is 0.466. The van der Waals surface area contributed by atoms with Gasteiger partial charge in [0.1, 0.15) is 11.6 Å². The van der Waals surface area contributed by atoms with Crippen molar-refractivity contribution < 1.29 is 22.7 Å². The second-order valence-electron chi connectivity index (χ2n) is 8.27. The zero-order valence-corrected chi connectivity index (χ0v) is 20.5. The molecule has 2 amide bonds. The van der Waals surface area contributed by atoms with Crippen molar-refractivity contribution in [3.8, 4) is 5.75 Å². The number of hydrogen-bond donors (Lipinski definition) is 2. The Balaban J connectivity index is 1.19. The highest BCUT2D eigenvalue weighted by molar-refractivity contribution is 7.09. The summed E-state index contributed by atoms with van der Waals surface area (Å²) in [6.07, 6.45) is -3.90. The van der Waals surface area contributed by atoms with Gasteiger partial charge in [-0.1, -0.05) is 24.3 Å². The standard InChI is InChI=1S/C24H27F3N6O2S/c1-35-18-6-4-5-17(15-18)16-21-30-23(36-31-21)33-13-11-32(12-14-33)10-9-28-22(34)29-20-8-3-2-7-19(20)24(25,26)27/h2-8,15H,9-14,16H2,1H3,(H2,28,29,34). The molecule has 0 spiro atoms. The summed E-state index contributed by atoms with van der Waals surface area (Å²) in [6.45, 7) is 4.04. The van der Waals surface area contributed by atoms with Gasteiger partial charge in [-0.15, -0.1) is 0 Å². The molecule has 2 heterocycles. The smallest absolute Gasteiger partial charge is 0.418 e. The number of piperazine rings is 1. The second kappa shape index (κ2) is 11.6. The minimum Gasteiger partial charge on any atom is -0.497 e. The molecule has 8 nitrogen and oxygen atoms in total. The highest BCUT2D eigenvalue weighted by Gasteiger charge is 2.33. The van der Waals surface area contributed by atoms with Crippen LogP contribution in [-0.4, -0.2) is 66.7 Å². The summed E-state index contributed by atoms with van der Waals surface area (Å²) in [4.78, 5) is 21.2. The van der Waals surface area contributed by atoms with Crippen LogP contribution in [-0.2, 0) is 12.6 Å². The first-order chi connectivity index (χ1) is 17.3. The number of carbonyl (C=O) groups excluding carboxylic acids is 1. The maximum Gasteiger partial charge on any atom is 0.418 e. The molecule has 0 saturated carbocycles. The zero-order chi connectivity index (χ0) is 25.5. The minimum absolute atomic E-state index is 0.265. The maximum absolute atomic E-state index is 13.1. The number of nitrogens with one attached hydrogen (secondary N) is 2. The summed E-state index contributed by atoms with van der Waals surface area (Å²) in [6, 6.07) is 12.1. The van der Waals surface area contributed by atoms with E-state index in [9.17, 15) is 18.0 Å². The molecule has 36 heavy (non-hydrogen) atoms. The summed E-state index contributed by atoms with van der Waals surface area (Å²) in [7, 11) is 1.64. The number of para-hydroxylation sites is 1. The van der Waals surface area contributed by atoms with Crippen LogP contribution in [0.3, 0.4) is 0 Å². The van der Waals surface area contributed by atoms with Gasteiger partial charge in [0.15, 0.2) is 0 Å². The third-order valence-electron chi connectivity index (χ3n) is 5.79. The van der Waals surface area contributed by atoms with Gasteiger partial charge in [-0.2, -0.15) is 17.5 Å². The Morgan fingerprint density at radius 3 is 2.64 bits per heavy atom. The Morgan fingerprint density at radius 1 is 1.11 bits per heavy atom. The van der Waals surface area contributed by atoms with Crippen LogP contribution in [0.5, 0.6) is 5.75 Å². The van der Waals surface area contributed by atoms with Crippen molar-refractivity contribution in [3.05, 3.63) is 65.5 Å². The van der Waals surface area contributed by atoms with Crippen molar-refractivity contribution in [1.82, 2.24) is 19.6 Å². The van der Waals surface area contributed by atoms with Crippen LogP contribution in [0.1, 0.15) is 17.0 Å². The molecule has 1 aliphatic heterocycles. The fourth-order valence-electron chi connectivity index (χ4n) is 3.91. The largest absolute Gasteiger partial charge is 0.497 e. The number of hydrogen-bond acceptors (Lipinski definition) is 7. The van der Waals surface area contributed by atoms with E-state index >= 15 is 0 Å². The Hall–Kier alpha value is -3.38. The first-order valence-electron chi connectivity index (χ1n) is 11.5. The van der Waals surface area contributed by atoms with Crippen molar-refractivity contribution >= 4 is 28.4 Å². The van der Waals surface area contributed by atoms with Crippen LogP contribution in [0.25, 0.3) is 0 Å². The van der Waals surface area contributed by atoms with Crippen molar-refractivity contribution in [2.75, 3.05) is 56.6 Å². The molecule has 0 atom stereocenters. The molecule has 4 rings (SSSR count). The summed E-state index contributed by atoms with van der Waals surface area (Å²) in [5, 5.41) is 5.81. The molecule has 1 aliphatic rings. The molecule has 2 aromatic carbocycles. The Labute approximate surface area is 211 Å². The number of aromatic nitrogens is 2. The topological polar surface area (TPSA) is 82.6 Å². The summed E-state index contributed by atoms with van der Waals surface area (Å²) < 4.78 is 49.0. The van der Waals surface area contributed by atoms with E-state index in [1.165, 1.54) is 29.7 Å². The van der Waals surface area contributed by atoms with E-state index < -0.39 is 17.8 Å². The van der Waals surface area contributed by atoms with Gasteiger partial charge in [0.25, 0.3) is 0 Å². The highest BCUT2D eigenvalue weighted by Crippen LogP contribution is 2.34. The van der Waals surface area contributed by atoms with Gasteiger partial charge >= 0.3 is 12.2 Å². The fraction of sp³-hybridized carbons (Fsp3) is 0.375. The van der Waals surface area contributed by atoms with E-state index in [4.69, 9.17) is 4.74 Å². The first kappa shape index (κ1) is 25.7. The number of alkyl halides is 3. The minimum atomic E-state index is -4.54. The number of urea groups is 1. The van der Waals surface area contributed by atoms with Crippen molar-refractivity contribution in [2.24, 2.45) is 0 Å². The number of rotatable bonds is 8. The molecule has 1 aromatic heterocycles. The fourth-order valence-corrected chi connectivity index (χ4v) is 4.64. The number of carbonyl (C=O) groups is 1. The van der Waals surface area contributed by atoms with Gasteiger partial charge in [0, 0.05) is 57.2 Å². The SMILES string of the molecule is COc1cccc(Cc2nsc(N3CCN(CCNC(=O)Nc4ccccc4C(F)(F)F)CC3)n2)c1. The summed E-state index contributed by atoms with van der Waals surface area (Å²) in [5.74, 6) is 1.57. The van der Waals surface area contributed by atoms with Crippen LogP contribution in [0, 0.1) is 0 Å². The first-order valence-corrected chi connectivity index (χ1v) is 12.2. The lowest BCUT2D eigenvalue weighted by molar-refractivity contribution is -0.136. The van der Waals surface area contributed by atoms with Gasteiger partial charge in [-0.25, -0.2) is 9.78 Å². The van der Waals surface area contributed by atoms with E-state index in [0.29, 0.717) is 19.5 Å². The molecule has 0 unspecified atom stereocenters. The predicted octanol–water partition coefficient (Wildman–Crippen LogP) is 4.10. The summed E-state index contributed by atoms with van der Waals surface area (Å²) in [5.41, 5.74) is -0.0551. The number of halogens is 3. The molecule has 1 fully saturated rings. The van der Waals surface area contributed by atoms with Crippen LogP contribution in [0.15, 0.2) is 48.5 Å². The van der Waals surface area contributed by atoms with E-state index in [1.54, 1.807) is 7.11 Å². The lowest BCUT2D eigenvalue weighted by atomic mass is 10.1. The number of anilines is 2. The average Bonchev–Trinajstić information content (AvgIpc) is 3.32. The van der Waals surface area contributed by atoms with E-state index in [2.05, 4.69) is 29.8 Å². The van der Waals surface area contributed by atoms with E-state index in [1.807, 2.05) is 24.3 Å². The third-order valence-corrected chi connectivity index (χ3v) is 6.61. The monoisotopic (exact) mass is 520 g/mol. The van der Waals surface area contributed by atoms with Crippen molar-refractivity contribution in [1.29, 1.82) is 0 Å². The lowest BCUT2D eigenvalue weighted by Crippen LogP contribution is -2.48. The number of methoxy groups -OCH3 is 1. The molecular formula is C24H27F3N6O2S. The lowest BCUT2D eigenvalue weighted by Gasteiger charge is -2.34. The van der Waals surface area contributed by atoms with Crippen molar-refractivity contribution in [3.63, 3.8) is 0 Å². The number of nitrogens with zero attached hydrogens (tertiary/aromatic N) is 4. The Morgan fingerprint density at radius 2 is 1.89 bits per heavy atom. The summed E-state index contributed by atoms with van der Waals surface area (Å²) >= 11 is 1.38. The average molecular weight is 521 g/mol. The number of amides is 2. The van der Waals surface area contributed by atoms with Crippen molar-refractivity contribution in [2.45, 2.75) is 12.6 Å². The van der Waals surface area contributed by atoms with Crippen LogP contribution in [0.4, 0.5) is 28.8 Å².